The Labute approximate surface area is 159 Å². The molecule has 0 fully saturated rings. The maximum absolute atomic E-state index is 12.4. The number of aromatic nitrogens is 1. The monoisotopic (exact) mass is 401 g/mol. The fourth-order valence-electron chi connectivity index (χ4n) is 2.78. The van der Waals surface area contributed by atoms with Crippen LogP contribution in [0, 0.1) is 10.1 Å². The van der Waals surface area contributed by atoms with E-state index in [9.17, 15) is 24.8 Å². The molecular weight excluding hydrogens is 394 g/mol. The molecule has 1 amide bonds. The summed E-state index contributed by atoms with van der Waals surface area (Å²) in [7, 11) is 0. The number of carbonyl (C=O) groups is 1. The highest BCUT2D eigenvalue weighted by atomic mass is 35.5. The van der Waals surface area contributed by atoms with Gasteiger partial charge >= 0.3 is 4.87 Å². The molecule has 134 valence electrons. The van der Waals surface area contributed by atoms with Crippen LogP contribution in [0.1, 0.15) is 4.88 Å². The van der Waals surface area contributed by atoms with Crippen LogP contribution in [0.2, 0.25) is 5.02 Å². The Morgan fingerprint density at radius 1 is 1.15 bits per heavy atom. The van der Waals surface area contributed by atoms with Crippen molar-refractivity contribution in [3.05, 3.63) is 82.7 Å². The topological polar surface area (TPSA) is 115 Å². The third-order valence-corrected chi connectivity index (χ3v) is 5.19. The minimum absolute atomic E-state index is 0.00273. The quantitative estimate of drug-likeness (QED) is 0.528. The molecule has 2 heterocycles. The second-order valence-corrected chi connectivity index (χ2v) is 6.98. The highest BCUT2D eigenvalue weighted by molar-refractivity contribution is 7.11. The van der Waals surface area contributed by atoms with Crippen molar-refractivity contribution in [1.82, 2.24) is 4.57 Å². The molecule has 1 aromatic heterocycles. The average Bonchev–Trinajstić information content (AvgIpc) is 3.10. The lowest BCUT2D eigenvalue weighted by Gasteiger charge is -2.04. The summed E-state index contributed by atoms with van der Waals surface area (Å²) in [5.41, 5.74) is 0.104. The van der Waals surface area contributed by atoms with Crippen LogP contribution in [-0.4, -0.2) is 20.5 Å². The second kappa shape index (κ2) is 6.15. The van der Waals surface area contributed by atoms with Gasteiger partial charge in [0.05, 0.1) is 21.5 Å². The van der Waals surface area contributed by atoms with Gasteiger partial charge in [0.1, 0.15) is 4.88 Å². The van der Waals surface area contributed by atoms with E-state index in [1.807, 2.05) is 0 Å². The molecule has 0 radical (unpaired) electrons. The molecule has 0 atom stereocenters. The molecule has 0 saturated carbocycles. The van der Waals surface area contributed by atoms with Crippen molar-refractivity contribution in [3.8, 4) is 11.6 Å². The van der Waals surface area contributed by atoms with Crippen molar-refractivity contribution in [2.75, 3.05) is 0 Å². The van der Waals surface area contributed by atoms with Crippen LogP contribution in [-0.2, 0) is 4.79 Å². The number of halogens is 1. The number of benzene rings is 2. The normalized spacial score (nSPS) is 12.8. The number of nitro groups is 1. The number of nitrogens with zero attached hydrogens (tertiary/aromatic N) is 3. The Kier molecular flexibility index (Phi) is 3.90. The lowest BCUT2D eigenvalue weighted by Crippen LogP contribution is -2.23. The standard InChI is InChI=1S/C17H8ClN3O5S/c18-8-1-3-9(4-2-8)20-16(23)14(27-17(20)24)13-11-7-10(21(25)26)5-6-12(11)19-15(13)22/h1-7,23H. The highest BCUT2D eigenvalue weighted by Crippen LogP contribution is 2.30. The van der Waals surface area contributed by atoms with Gasteiger partial charge in [0.15, 0.2) is 0 Å². The molecule has 1 aliphatic heterocycles. The van der Waals surface area contributed by atoms with E-state index in [0.29, 0.717) is 22.0 Å². The van der Waals surface area contributed by atoms with Crippen molar-refractivity contribution in [1.29, 1.82) is 0 Å². The van der Waals surface area contributed by atoms with E-state index in [4.69, 9.17) is 11.6 Å². The maximum Gasteiger partial charge on any atom is 0.315 e. The summed E-state index contributed by atoms with van der Waals surface area (Å²) >= 11 is 6.50. The SMILES string of the molecule is O=C1N=c2ccc([N+](=O)[O-])cc2=C1c1sc(=O)n(-c2ccc(Cl)cc2)c1O. The summed E-state index contributed by atoms with van der Waals surface area (Å²) in [6.45, 7) is 0. The molecule has 0 unspecified atom stereocenters. The first-order valence-electron chi connectivity index (χ1n) is 7.50. The fourth-order valence-corrected chi connectivity index (χ4v) is 3.85. The molecule has 1 aliphatic rings. The molecule has 0 saturated heterocycles. The molecule has 2 aromatic carbocycles. The molecule has 4 rings (SSSR count). The first kappa shape index (κ1) is 17.1. The van der Waals surface area contributed by atoms with Crippen LogP contribution in [0.5, 0.6) is 5.88 Å². The number of aromatic hydroxyl groups is 1. The van der Waals surface area contributed by atoms with E-state index in [0.717, 1.165) is 4.57 Å². The van der Waals surface area contributed by atoms with Gasteiger partial charge in [-0.2, -0.15) is 0 Å². The van der Waals surface area contributed by atoms with E-state index in [2.05, 4.69) is 4.99 Å². The molecule has 27 heavy (non-hydrogen) atoms. The van der Waals surface area contributed by atoms with Gasteiger partial charge in [0.25, 0.3) is 11.6 Å². The van der Waals surface area contributed by atoms with Crippen molar-refractivity contribution in [3.63, 3.8) is 0 Å². The number of non-ortho nitro benzene ring substituents is 1. The minimum atomic E-state index is -0.676. The number of amides is 1. The predicted octanol–water partition coefficient (Wildman–Crippen LogP) is 1.52. The smallest absolute Gasteiger partial charge is 0.315 e. The van der Waals surface area contributed by atoms with Gasteiger partial charge in [-0.15, -0.1) is 0 Å². The zero-order valence-corrected chi connectivity index (χ0v) is 14.8. The Morgan fingerprint density at radius 2 is 1.85 bits per heavy atom. The Hall–Kier alpha value is -3.30. The number of thiazole rings is 1. The zero-order valence-electron chi connectivity index (χ0n) is 13.2. The number of rotatable bonds is 3. The van der Waals surface area contributed by atoms with E-state index >= 15 is 0 Å². The van der Waals surface area contributed by atoms with Gasteiger partial charge in [-0.25, -0.2) is 9.56 Å². The van der Waals surface area contributed by atoms with Crippen molar-refractivity contribution in [2.24, 2.45) is 4.99 Å². The number of fused-ring (bicyclic) bond motifs is 1. The molecule has 1 N–H and O–H groups in total. The number of carbonyl (C=O) groups excluding carboxylic acids is 1. The van der Waals surface area contributed by atoms with Gasteiger partial charge in [0.2, 0.25) is 5.88 Å². The van der Waals surface area contributed by atoms with Crippen LogP contribution >= 0.6 is 22.9 Å². The van der Waals surface area contributed by atoms with Crippen molar-refractivity contribution in [2.45, 2.75) is 0 Å². The first-order valence-corrected chi connectivity index (χ1v) is 8.69. The van der Waals surface area contributed by atoms with Gasteiger partial charge in [0, 0.05) is 22.4 Å². The molecule has 0 bridgehead atoms. The Bertz CT molecular complexity index is 1310. The number of hydrogen-bond acceptors (Lipinski definition) is 6. The molecule has 0 spiro atoms. The molecular formula is C17H8ClN3O5S. The maximum atomic E-state index is 12.4. The predicted molar refractivity (Wildman–Crippen MR) is 98.0 cm³/mol. The number of nitro benzene ring substituents is 1. The number of hydrogen-bond donors (Lipinski definition) is 1. The van der Waals surface area contributed by atoms with Gasteiger partial charge in [-0.1, -0.05) is 22.9 Å². The van der Waals surface area contributed by atoms with Crippen LogP contribution < -0.4 is 15.4 Å². The second-order valence-electron chi connectivity index (χ2n) is 5.58. The van der Waals surface area contributed by atoms with E-state index in [1.165, 1.54) is 18.2 Å². The third kappa shape index (κ3) is 2.73. The molecule has 10 heteroatoms. The molecule has 8 nitrogen and oxygen atoms in total. The summed E-state index contributed by atoms with van der Waals surface area (Å²) in [4.78, 5) is 38.5. The fraction of sp³-hybridized carbons (Fsp3) is 0. The third-order valence-electron chi connectivity index (χ3n) is 3.99. The molecule has 3 aromatic rings. The van der Waals surface area contributed by atoms with Crippen LogP contribution in [0.3, 0.4) is 0 Å². The van der Waals surface area contributed by atoms with Crippen LogP contribution in [0.4, 0.5) is 5.69 Å². The average molecular weight is 402 g/mol. The van der Waals surface area contributed by atoms with Gasteiger partial charge in [-0.3, -0.25) is 19.7 Å². The first-order chi connectivity index (χ1) is 12.9. The Balaban J connectivity index is 2.00. The van der Waals surface area contributed by atoms with Gasteiger partial charge in [-0.05, 0) is 30.3 Å². The summed E-state index contributed by atoms with van der Waals surface area (Å²) in [5, 5.41) is 22.6. The van der Waals surface area contributed by atoms with E-state index < -0.39 is 21.6 Å². The highest BCUT2D eigenvalue weighted by Gasteiger charge is 2.27. The summed E-state index contributed by atoms with van der Waals surface area (Å²) < 4.78 is 1.03. The zero-order chi connectivity index (χ0) is 19.3. The summed E-state index contributed by atoms with van der Waals surface area (Å²) in [6.07, 6.45) is 0. The lowest BCUT2D eigenvalue weighted by molar-refractivity contribution is -0.385. The lowest BCUT2D eigenvalue weighted by atomic mass is 10.1. The van der Waals surface area contributed by atoms with E-state index in [-0.39, 0.29) is 26.7 Å². The van der Waals surface area contributed by atoms with Crippen molar-refractivity contribution < 1.29 is 14.8 Å². The van der Waals surface area contributed by atoms with Crippen LogP contribution in [0.25, 0.3) is 11.3 Å². The summed E-state index contributed by atoms with van der Waals surface area (Å²) in [5.74, 6) is -1.12. The van der Waals surface area contributed by atoms with Gasteiger partial charge < -0.3 is 5.11 Å². The van der Waals surface area contributed by atoms with E-state index in [1.54, 1.807) is 24.3 Å². The van der Waals surface area contributed by atoms with Crippen LogP contribution in [0.15, 0.2) is 52.3 Å². The molecule has 0 aliphatic carbocycles. The Morgan fingerprint density at radius 3 is 2.52 bits per heavy atom. The summed E-state index contributed by atoms with van der Waals surface area (Å²) in [6, 6.07) is 10.0. The largest absolute Gasteiger partial charge is 0.493 e. The van der Waals surface area contributed by atoms with Crippen molar-refractivity contribution >= 4 is 40.1 Å². The minimum Gasteiger partial charge on any atom is -0.493 e.